The summed E-state index contributed by atoms with van der Waals surface area (Å²) in [5.74, 6) is -3.23. The second kappa shape index (κ2) is 54.5. The van der Waals surface area contributed by atoms with Crippen molar-refractivity contribution >= 4 is 23.9 Å². The molecular weight excluding hydrogens is 997 g/mol. The first kappa shape index (κ1) is 72.9. The average Bonchev–Trinajstić information content (AvgIpc) is 3.46. The van der Waals surface area contributed by atoms with Gasteiger partial charge in [-0.05, 0) is 83.5 Å². The Morgan fingerprint density at radius 3 is 1.28 bits per heavy atom. The van der Waals surface area contributed by atoms with Crippen molar-refractivity contribution < 1.29 is 58.2 Å². The molecule has 12 heteroatoms. The molecule has 0 bridgehead atoms. The first-order valence-electron chi connectivity index (χ1n) is 31.6. The maximum absolute atomic E-state index is 13.2. The molecule has 6 unspecified atom stereocenters. The van der Waals surface area contributed by atoms with Crippen LogP contribution in [-0.2, 0) is 42.9 Å². The van der Waals surface area contributed by atoms with Gasteiger partial charge in [-0.15, -0.1) is 0 Å². The average molecular weight is 1110 g/mol. The van der Waals surface area contributed by atoms with E-state index in [0.717, 1.165) is 89.9 Å². The number of aliphatic carboxylic acids is 1. The Bertz CT molecular complexity index is 1700. The number of allylic oxidation sites excluding steroid dienone is 14. The summed E-state index contributed by atoms with van der Waals surface area (Å²) in [5, 5.41) is 31.5. The Morgan fingerprint density at radius 1 is 0.430 bits per heavy atom. The molecule has 6 atom stereocenters. The van der Waals surface area contributed by atoms with Crippen LogP contribution in [0.5, 0.6) is 0 Å². The fraction of sp³-hybridized carbons (Fsp3) is 0.731. The lowest BCUT2D eigenvalue weighted by molar-refractivity contribution is -0.301. The van der Waals surface area contributed by atoms with Crippen LogP contribution in [0.4, 0.5) is 0 Å². The number of aliphatic hydroxyl groups is 2. The van der Waals surface area contributed by atoms with Crippen molar-refractivity contribution in [3.63, 3.8) is 0 Å². The van der Waals surface area contributed by atoms with Gasteiger partial charge in [0.2, 0.25) is 0 Å². The molecule has 0 spiro atoms. The molecule has 0 aromatic carbocycles. The quantitative estimate of drug-likeness (QED) is 0.0228. The predicted molar refractivity (Wildman–Crippen MR) is 321 cm³/mol. The van der Waals surface area contributed by atoms with E-state index >= 15 is 0 Å². The Balaban J connectivity index is 2.70. The Labute approximate surface area is 480 Å². The van der Waals surface area contributed by atoms with E-state index in [1.54, 1.807) is 0 Å². The van der Waals surface area contributed by atoms with Crippen molar-refractivity contribution in [3.05, 3.63) is 85.1 Å². The number of hydrogen-bond acceptors (Lipinski definition) is 11. The van der Waals surface area contributed by atoms with Crippen molar-refractivity contribution in [1.29, 1.82) is 0 Å². The summed E-state index contributed by atoms with van der Waals surface area (Å²) in [6.07, 6.45) is 58.4. The number of aliphatic hydroxyl groups excluding tert-OH is 2. The van der Waals surface area contributed by atoms with Crippen LogP contribution >= 0.6 is 0 Å². The molecule has 0 radical (unpaired) electrons. The number of carbonyl (C=O) groups excluding carboxylic acids is 3. The Hall–Kier alpha value is -4.10. The van der Waals surface area contributed by atoms with E-state index in [0.29, 0.717) is 25.7 Å². The van der Waals surface area contributed by atoms with Gasteiger partial charge in [0.25, 0.3) is 0 Å². The molecule has 79 heavy (non-hydrogen) atoms. The Morgan fingerprint density at radius 2 is 0.823 bits per heavy atom. The largest absolute Gasteiger partial charge is 0.479 e. The number of carboxylic acids is 1. The standard InChI is InChI=1S/C67H112O12/c1-4-7-10-13-16-19-22-25-27-29-30-32-34-37-40-43-46-49-52-55-61(70)78-65-63(72)62(71)64(66(73)74)79-67(65)76-57-58(77-60(69)54-51-48-45-42-39-35-24-21-18-15-12-9-6-3)56-75-59(68)53-50-47-44-41-38-36-33-31-28-26-23-20-17-14-11-8-5-2/h7,10,16,19,21,24-25,27,30,32,37,40,46,49,58,62-65,67,71-72H,4-6,8-9,11-15,17-18,20,22-23,26,28-29,31,33-36,38-39,41-45,47-48,50-57H2,1-3H3,(H,73,74)/b10-7-,19-16-,24-21-,27-25-,32-30-,40-37-,49-46-. The van der Waals surface area contributed by atoms with Gasteiger partial charge < -0.3 is 39.0 Å². The van der Waals surface area contributed by atoms with Gasteiger partial charge in [0.05, 0.1) is 6.61 Å². The molecule has 12 nitrogen and oxygen atoms in total. The van der Waals surface area contributed by atoms with Gasteiger partial charge >= 0.3 is 23.9 Å². The van der Waals surface area contributed by atoms with Crippen molar-refractivity contribution in [3.8, 4) is 0 Å². The van der Waals surface area contributed by atoms with Gasteiger partial charge in [-0.3, -0.25) is 14.4 Å². The number of esters is 3. The lowest BCUT2D eigenvalue weighted by Gasteiger charge is -2.40. The Kier molecular flexibility index (Phi) is 50.3. The zero-order valence-corrected chi connectivity index (χ0v) is 49.8. The SMILES string of the molecule is CC/C=C\C/C=C\C/C=C\C/C=C\C/C=C\C/C=C\CCC(=O)OC1C(OCC(COC(=O)CCCCCCCCCCCCCCCCCCC)OC(=O)CCCCCCC/C=C\CCCCCC)OC(C(=O)O)C(O)C1O. The molecule has 1 heterocycles. The molecule has 0 amide bonds. The van der Waals surface area contributed by atoms with E-state index in [9.17, 15) is 34.5 Å². The van der Waals surface area contributed by atoms with Crippen molar-refractivity contribution in [1.82, 2.24) is 0 Å². The molecule has 0 aliphatic carbocycles. The maximum Gasteiger partial charge on any atom is 0.335 e. The fourth-order valence-electron chi connectivity index (χ4n) is 9.15. The van der Waals surface area contributed by atoms with Gasteiger partial charge in [-0.1, -0.05) is 247 Å². The second-order valence-electron chi connectivity index (χ2n) is 21.3. The van der Waals surface area contributed by atoms with Gasteiger partial charge in [-0.2, -0.15) is 0 Å². The first-order chi connectivity index (χ1) is 38.6. The van der Waals surface area contributed by atoms with Crippen molar-refractivity contribution in [2.75, 3.05) is 13.2 Å². The van der Waals surface area contributed by atoms with Crippen LogP contribution in [0.3, 0.4) is 0 Å². The van der Waals surface area contributed by atoms with Crippen molar-refractivity contribution in [2.24, 2.45) is 0 Å². The van der Waals surface area contributed by atoms with Crippen molar-refractivity contribution in [2.45, 2.75) is 302 Å². The number of hydrogen-bond donors (Lipinski definition) is 3. The summed E-state index contributed by atoms with van der Waals surface area (Å²) in [7, 11) is 0. The number of ether oxygens (including phenoxy) is 5. The summed E-state index contributed by atoms with van der Waals surface area (Å²) in [6, 6.07) is 0. The topological polar surface area (TPSA) is 175 Å². The number of carboxylic acid groups (broad SMARTS) is 1. The highest BCUT2D eigenvalue weighted by Gasteiger charge is 2.50. The molecule has 1 aliphatic heterocycles. The molecule has 0 saturated carbocycles. The minimum atomic E-state index is -1.93. The minimum absolute atomic E-state index is 0.0670. The number of carbonyl (C=O) groups is 4. The minimum Gasteiger partial charge on any atom is -0.479 e. The lowest BCUT2D eigenvalue weighted by Crippen LogP contribution is -2.61. The summed E-state index contributed by atoms with van der Waals surface area (Å²) in [5.41, 5.74) is 0. The molecule has 0 aromatic heterocycles. The van der Waals surface area contributed by atoms with Gasteiger partial charge in [0, 0.05) is 19.3 Å². The van der Waals surface area contributed by atoms with Gasteiger partial charge in [-0.25, -0.2) is 4.79 Å². The molecule has 1 rings (SSSR count). The van der Waals surface area contributed by atoms with Crippen LogP contribution in [0.1, 0.15) is 265 Å². The normalized spacial score (nSPS) is 18.4. The molecular formula is C67H112O12. The highest BCUT2D eigenvalue weighted by atomic mass is 16.7. The highest BCUT2D eigenvalue weighted by Crippen LogP contribution is 2.26. The van der Waals surface area contributed by atoms with Crippen LogP contribution in [0.25, 0.3) is 0 Å². The highest BCUT2D eigenvalue weighted by molar-refractivity contribution is 5.74. The molecule has 1 fully saturated rings. The summed E-state index contributed by atoms with van der Waals surface area (Å²) < 4.78 is 28.4. The van der Waals surface area contributed by atoms with E-state index in [1.165, 1.54) is 109 Å². The smallest absolute Gasteiger partial charge is 0.335 e. The van der Waals surface area contributed by atoms with Crippen LogP contribution < -0.4 is 0 Å². The third kappa shape index (κ3) is 44.3. The third-order valence-electron chi connectivity index (χ3n) is 14.0. The molecule has 1 aliphatic rings. The summed E-state index contributed by atoms with van der Waals surface area (Å²) >= 11 is 0. The van der Waals surface area contributed by atoms with Crippen LogP contribution in [-0.4, -0.2) is 89.2 Å². The van der Waals surface area contributed by atoms with E-state index in [1.807, 2.05) is 18.2 Å². The zero-order valence-electron chi connectivity index (χ0n) is 49.8. The fourth-order valence-corrected chi connectivity index (χ4v) is 9.15. The van der Waals surface area contributed by atoms with Crippen LogP contribution in [0, 0.1) is 0 Å². The lowest BCUT2D eigenvalue weighted by atomic mass is 9.98. The zero-order chi connectivity index (χ0) is 57.5. The molecule has 452 valence electrons. The second-order valence-corrected chi connectivity index (χ2v) is 21.3. The maximum atomic E-state index is 13.2. The predicted octanol–water partition coefficient (Wildman–Crippen LogP) is 16.7. The molecule has 1 saturated heterocycles. The third-order valence-corrected chi connectivity index (χ3v) is 14.0. The van der Waals surface area contributed by atoms with Gasteiger partial charge in [0.15, 0.2) is 24.6 Å². The molecule has 3 N–H and O–H groups in total. The monoisotopic (exact) mass is 1110 g/mol. The van der Waals surface area contributed by atoms with E-state index in [4.69, 9.17) is 23.7 Å². The number of unbranched alkanes of at least 4 members (excludes halogenated alkanes) is 25. The summed E-state index contributed by atoms with van der Waals surface area (Å²) in [4.78, 5) is 51.2. The summed E-state index contributed by atoms with van der Waals surface area (Å²) in [6.45, 7) is 5.85. The van der Waals surface area contributed by atoms with Crippen LogP contribution in [0.15, 0.2) is 85.1 Å². The van der Waals surface area contributed by atoms with E-state index in [2.05, 4.69) is 87.6 Å². The van der Waals surface area contributed by atoms with E-state index < -0.39 is 67.3 Å². The van der Waals surface area contributed by atoms with Gasteiger partial charge in [0.1, 0.15) is 18.8 Å². The number of rotatable bonds is 53. The van der Waals surface area contributed by atoms with E-state index in [-0.39, 0.29) is 25.9 Å². The van der Waals surface area contributed by atoms with Crippen LogP contribution in [0.2, 0.25) is 0 Å². The first-order valence-corrected chi connectivity index (χ1v) is 31.6. The molecule has 0 aromatic rings.